The van der Waals surface area contributed by atoms with Crippen molar-refractivity contribution in [3.05, 3.63) is 65.7 Å². The van der Waals surface area contributed by atoms with Crippen molar-refractivity contribution >= 4 is 22.2 Å². The van der Waals surface area contributed by atoms with E-state index < -0.39 is 9.46 Å². The molecule has 0 aliphatic heterocycles. The molecule has 0 fully saturated rings. The molecule has 2 aromatic carbocycles. The van der Waals surface area contributed by atoms with E-state index in [9.17, 15) is 8.42 Å². The minimum Gasteiger partial charge on any atom is -0.497 e. The van der Waals surface area contributed by atoms with Crippen molar-refractivity contribution < 1.29 is 13.2 Å². The summed E-state index contributed by atoms with van der Waals surface area (Å²) in [6.07, 6.45) is 1.24. The van der Waals surface area contributed by atoms with Gasteiger partial charge in [-0.25, -0.2) is 8.42 Å². The Morgan fingerprint density at radius 1 is 0.950 bits per heavy atom. The zero-order chi connectivity index (χ0) is 14.6. The summed E-state index contributed by atoms with van der Waals surface area (Å²) in [4.78, 5) is 0. The molecule has 0 saturated heterocycles. The Morgan fingerprint density at radius 3 is 2.00 bits per heavy atom. The van der Waals surface area contributed by atoms with Gasteiger partial charge in [-0.1, -0.05) is 42.5 Å². The summed E-state index contributed by atoms with van der Waals surface area (Å²) in [6.45, 7) is 0. The molecule has 0 aliphatic rings. The van der Waals surface area contributed by atoms with E-state index in [0.29, 0.717) is 7.41 Å². The van der Waals surface area contributed by atoms with Gasteiger partial charge in [0.05, 0.1) is 7.11 Å². The molecule has 0 spiro atoms. The van der Waals surface area contributed by atoms with E-state index in [4.69, 9.17) is 4.74 Å². The van der Waals surface area contributed by atoms with Gasteiger partial charge in [0.25, 0.3) is 0 Å². The number of rotatable bonds is 4. The highest BCUT2D eigenvalue weighted by Crippen LogP contribution is 2.23. The lowest BCUT2D eigenvalue weighted by molar-refractivity contribution is 0.415. The number of hydrogen-bond donors (Lipinski definition) is 0. The third-order valence-corrected chi connectivity index (χ3v) is 5.24. The highest BCUT2D eigenvalue weighted by Gasteiger charge is 2.09. The maximum absolute atomic E-state index is 11.7. The third kappa shape index (κ3) is 3.92. The molecule has 2 rings (SSSR count). The summed E-state index contributed by atoms with van der Waals surface area (Å²) in [6, 6.07) is 16.9. The van der Waals surface area contributed by atoms with E-state index in [1.165, 1.54) is 6.26 Å². The van der Waals surface area contributed by atoms with Crippen LogP contribution in [0.2, 0.25) is 0 Å². The Hall–Kier alpha value is -1.64. The molecule has 0 bridgehead atoms. The monoisotopic (exact) mass is 306 g/mol. The van der Waals surface area contributed by atoms with Gasteiger partial charge in [-0.3, -0.25) is 0 Å². The Bertz CT molecular complexity index is 705. The quantitative estimate of drug-likeness (QED) is 0.815. The van der Waals surface area contributed by atoms with Crippen LogP contribution in [0.15, 0.2) is 54.6 Å². The van der Waals surface area contributed by atoms with Gasteiger partial charge in [-0.05, 0) is 23.3 Å². The van der Waals surface area contributed by atoms with Crippen LogP contribution in [0.3, 0.4) is 0 Å². The summed E-state index contributed by atoms with van der Waals surface area (Å²) in [7, 11) is -1.23. The van der Waals surface area contributed by atoms with Crippen LogP contribution in [0.1, 0.15) is 11.1 Å². The maximum Gasteiger partial charge on any atom is 0.190 e. The van der Waals surface area contributed by atoms with Crippen LogP contribution in [-0.2, 0) is 9.46 Å². The molecule has 0 saturated carbocycles. The van der Waals surface area contributed by atoms with Crippen molar-refractivity contribution in [2.24, 2.45) is 0 Å². The second kappa shape index (κ2) is 6.21. The first-order chi connectivity index (χ1) is 9.49. The molecule has 0 unspecified atom stereocenters. The zero-order valence-corrected chi connectivity index (χ0v) is 13.0. The molecule has 0 heterocycles. The van der Waals surface area contributed by atoms with Crippen LogP contribution < -0.4 is 4.74 Å². The first-order valence-electron chi connectivity index (χ1n) is 5.99. The second-order valence-electron chi connectivity index (χ2n) is 4.27. The van der Waals surface area contributed by atoms with Crippen LogP contribution in [-0.4, -0.2) is 27.1 Å². The van der Waals surface area contributed by atoms with Crippen molar-refractivity contribution in [3.8, 4) is 5.75 Å². The maximum atomic E-state index is 11.7. The molecule has 0 aromatic heterocycles. The van der Waals surface area contributed by atoms with Crippen molar-refractivity contribution in [2.45, 2.75) is 0 Å². The van der Waals surface area contributed by atoms with E-state index in [1.807, 2.05) is 54.6 Å². The van der Waals surface area contributed by atoms with Crippen LogP contribution >= 0.6 is 7.41 Å². The van der Waals surface area contributed by atoms with Crippen molar-refractivity contribution in [2.75, 3.05) is 13.4 Å². The SMILES string of the molecule is COc1ccc(C(=PS(C)(=O)=O)c2ccccc2)cc1. The van der Waals surface area contributed by atoms with Crippen molar-refractivity contribution in [3.63, 3.8) is 0 Å². The molecule has 0 radical (unpaired) electrons. The van der Waals surface area contributed by atoms with E-state index in [1.54, 1.807) is 7.11 Å². The molecule has 3 nitrogen and oxygen atoms in total. The van der Waals surface area contributed by atoms with Crippen LogP contribution in [0, 0.1) is 0 Å². The number of benzene rings is 2. The Labute approximate surface area is 120 Å². The third-order valence-electron chi connectivity index (χ3n) is 2.67. The summed E-state index contributed by atoms with van der Waals surface area (Å²) in [5, 5.41) is 0.774. The van der Waals surface area contributed by atoms with Gasteiger partial charge in [0, 0.05) is 19.0 Å². The fourth-order valence-corrected chi connectivity index (χ4v) is 4.25. The lowest BCUT2D eigenvalue weighted by Crippen LogP contribution is -2.02. The number of hydrogen-bond acceptors (Lipinski definition) is 3. The highest BCUT2D eigenvalue weighted by atomic mass is 32.7. The molecule has 5 heteroatoms. The van der Waals surface area contributed by atoms with Gasteiger partial charge < -0.3 is 4.74 Å². The summed E-state index contributed by atoms with van der Waals surface area (Å²) >= 11 is 0. The minimum absolute atomic E-state index is 0.301. The second-order valence-corrected chi connectivity index (χ2v) is 8.90. The molecule has 2 aromatic rings. The fourth-order valence-electron chi connectivity index (χ4n) is 1.78. The van der Waals surface area contributed by atoms with Crippen molar-refractivity contribution in [1.29, 1.82) is 0 Å². The minimum atomic E-state index is -3.13. The van der Waals surface area contributed by atoms with Gasteiger partial charge in [0.2, 0.25) is 0 Å². The average Bonchev–Trinajstić information content (AvgIpc) is 2.45. The summed E-state index contributed by atoms with van der Waals surface area (Å²) < 4.78 is 28.4. The average molecular weight is 306 g/mol. The first kappa shape index (κ1) is 14.8. The Kier molecular flexibility index (Phi) is 4.58. The molecule has 20 heavy (non-hydrogen) atoms. The number of methoxy groups -OCH3 is 1. The largest absolute Gasteiger partial charge is 0.497 e. The molecular weight excluding hydrogens is 291 g/mol. The molecule has 0 N–H and O–H groups in total. The standard InChI is InChI=1S/C15H15O3PS/c1-18-14-10-8-13(9-11-14)15(19-20(2,16)17)12-6-4-3-5-7-12/h3-11H,1-2H3. The number of ether oxygens (including phenoxy) is 1. The van der Waals surface area contributed by atoms with Gasteiger partial charge >= 0.3 is 0 Å². The van der Waals surface area contributed by atoms with Gasteiger partial charge in [-0.2, -0.15) is 0 Å². The molecule has 0 atom stereocenters. The highest BCUT2D eigenvalue weighted by molar-refractivity contribution is 8.42. The van der Waals surface area contributed by atoms with E-state index >= 15 is 0 Å². The molecule has 104 valence electrons. The van der Waals surface area contributed by atoms with Gasteiger partial charge in [0.1, 0.15) is 5.75 Å². The van der Waals surface area contributed by atoms with Gasteiger partial charge in [-0.15, -0.1) is 0 Å². The van der Waals surface area contributed by atoms with Crippen LogP contribution in [0.5, 0.6) is 5.75 Å². The van der Waals surface area contributed by atoms with Crippen LogP contribution in [0.4, 0.5) is 0 Å². The summed E-state index contributed by atoms with van der Waals surface area (Å²) in [5.74, 6) is 0.747. The van der Waals surface area contributed by atoms with E-state index in [2.05, 4.69) is 0 Å². The topological polar surface area (TPSA) is 43.4 Å². The smallest absolute Gasteiger partial charge is 0.190 e. The van der Waals surface area contributed by atoms with E-state index in [-0.39, 0.29) is 0 Å². The first-order valence-corrected chi connectivity index (χ1v) is 9.38. The molecular formula is C15H15O3PS. The normalized spacial score (nSPS) is 12.2. The zero-order valence-electron chi connectivity index (χ0n) is 11.3. The van der Waals surface area contributed by atoms with Crippen LogP contribution in [0.25, 0.3) is 0 Å². The lowest BCUT2D eigenvalue weighted by atomic mass is 10.0. The van der Waals surface area contributed by atoms with Crippen molar-refractivity contribution in [1.82, 2.24) is 0 Å². The fraction of sp³-hybridized carbons (Fsp3) is 0.133. The Balaban J connectivity index is 2.55. The van der Waals surface area contributed by atoms with E-state index in [0.717, 1.165) is 22.2 Å². The lowest BCUT2D eigenvalue weighted by Gasteiger charge is -2.08. The predicted molar refractivity (Wildman–Crippen MR) is 84.4 cm³/mol. The molecule has 0 amide bonds. The van der Waals surface area contributed by atoms with Gasteiger partial charge in [0.15, 0.2) is 9.46 Å². The predicted octanol–water partition coefficient (Wildman–Crippen LogP) is 3.17. The molecule has 0 aliphatic carbocycles. The summed E-state index contributed by atoms with van der Waals surface area (Å²) in [5.41, 5.74) is 1.79. The Morgan fingerprint density at radius 2 is 1.50 bits per heavy atom.